The summed E-state index contributed by atoms with van der Waals surface area (Å²) in [6.07, 6.45) is 5.91. The molecule has 1 N–H and O–H groups in total. The van der Waals surface area contributed by atoms with E-state index in [1.165, 1.54) is 11.6 Å². The lowest BCUT2D eigenvalue weighted by Crippen LogP contribution is -2.07. The minimum Gasteiger partial charge on any atom is -0.323 e. The van der Waals surface area contributed by atoms with Crippen LogP contribution in [0.3, 0.4) is 0 Å². The molecular formula is C20H20N4O. The smallest absolute Gasteiger partial charge is 0.248 e. The number of hydrogen-bond acceptors (Lipinski definition) is 3. The maximum Gasteiger partial charge on any atom is 0.248 e. The third kappa shape index (κ3) is 4.88. The highest BCUT2D eigenvalue weighted by atomic mass is 16.1. The molecule has 0 saturated heterocycles. The van der Waals surface area contributed by atoms with Crippen LogP contribution in [-0.4, -0.2) is 20.9 Å². The van der Waals surface area contributed by atoms with Gasteiger partial charge in [0.1, 0.15) is 5.69 Å². The Balaban J connectivity index is 1.57. The highest BCUT2D eigenvalue weighted by molar-refractivity contribution is 6.01. The van der Waals surface area contributed by atoms with E-state index < -0.39 is 0 Å². The standard InChI is InChI=1S/C20H20N4O/c1-2-16-8-10-18(11-9-16)21-20(25)13-12-19-15-24(23-22-19)14-17-6-4-3-5-7-17/h3-13,15H,2,14H2,1H3,(H,21,25)/b13-12+. The number of aromatic nitrogens is 3. The van der Waals surface area contributed by atoms with Gasteiger partial charge in [0.2, 0.25) is 5.91 Å². The van der Waals surface area contributed by atoms with E-state index in [1.807, 2.05) is 60.8 Å². The minimum absolute atomic E-state index is 0.193. The van der Waals surface area contributed by atoms with E-state index in [4.69, 9.17) is 0 Å². The van der Waals surface area contributed by atoms with E-state index in [0.29, 0.717) is 12.2 Å². The second-order valence-electron chi connectivity index (χ2n) is 5.70. The van der Waals surface area contributed by atoms with Crippen LogP contribution < -0.4 is 5.32 Å². The number of nitrogens with zero attached hydrogens (tertiary/aromatic N) is 3. The maximum absolute atomic E-state index is 12.0. The summed E-state index contributed by atoms with van der Waals surface area (Å²) in [6.45, 7) is 2.75. The van der Waals surface area contributed by atoms with Gasteiger partial charge in [-0.15, -0.1) is 5.10 Å². The molecule has 0 spiro atoms. The van der Waals surface area contributed by atoms with E-state index in [0.717, 1.165) is 17.7 Å². The van der Waals surface area contributed by atoms with Crippen molar-refractivity contribution in [3.05, 3.63) is 83.7 Å². The first-order valence-electron chi connectivity index (χ1n) is 8.25. The average Bonchev–Trinajstić information content (AvgIpc) is 3.09. The molecule has 0 bridgehead atoms. The lowest BCUT2D eigenvalue weighted by molar-refractivity contribution is -0.111. The Bertz CT molecular complexity index is 851. The number of hydrogen-bond donors (Lipinski definition) is 1. The zero-order valence-electron chi connectivity index (χ0n) is 14.1. The Labute approximate surface area is 147 Å². The molecule has 5 heteroatoms. The largest absolute Gasteiger partial charge is 0.323 e. The van der Waals surface area contributed by atoms with E-state index in [-0.39, 0.29) is 5.91 Å². The quantitative estimate of drug-likeness (QED) is 0.702. The Hall–Kier alpha value is -3.21. The van der Waals surface area contributed by atoms with Gasteiger partial charge in [-0.3, -0.25) is 4.79 Å². The molecule has 5 nitrogen and oxygen atoms in total. The van der Waals surface area contributed by atoms with E-state index in [1.54, 1.807) is 10.8 Å². The van der Waals surface area contributed by atoms with Gasteiger partial charge < -0.3 is 5.32 Å². The SMILES string of the molecule is CCc1ccc(NC(=O)/C=C/c2cn(Cc3ccccc3)nn2)cc1. The Kier molecular flexibility index (Phi) is 5.36. The molecule has 0 atom stereocenters. The molecule has 0 aliphatic carbocycles. The van der Waals surface area contributed by atoms with Crippen LogP contribution >= 0.6 is 0 Å². The first-order valence-corrected chi connectivity index (χ1v) is 8.25. The molecule has 0 radical (unpaired) electrons. The van der Waals surface area contributed by atoms with Gasteiger partial charge in [-0.25, -0.2) is 4.68 Å². The molecule has 2 aromatic carbocycles. The van der Waals surface area contributed by atoms with Crippen molar-refractivity contribution in [2.24, 2.45) is 0 Å². The molecule has 0 aliphatic heterocycles. The Morgan fingerprint density at radius 2 is 1.84 bits per heavy atom. The summed E-state index contributed by atoms with van der Waals surface area (Å²) in [5.41, 5.74) is 3.81. The zero-order chi connectivity index (χ0) is 17.5. The number of anilines is 1. The summed E-state index contributed by atoms with van der Waals surface area (Å²) < 4.78 is 1.75. The summed E-state index contributed by atoms with van der Waals surface area (Å²) in [5.74, 6) is -0.193. The number of benzene rings is 2. The Morgan fingerprint density at radius 1 is 1.08 bits per heavy atom. The summed E-state index contributed by atoms with van der Waals surface area (Å²) >= 11 is 0. The van der Waals surface area contributed by atoms with Gasteiger partial charge in [-0.1, -0.05) is 54.6 Å². The molecule has 1 aromatic heterocycles. The van der Waals surface area contributed by atoms with Gasteiger partial charge in [0.25, 0.3) is 0 Å². The molecule has 0 unspecified atom stereocenters. The van der Waals surface area contributed by atoms with Crippen LogP contribution in [-0.2, 0) is 17.8 Å². The molecule has 126 valence electrons. The first-order chi connectivity index (χ1) is 12.2. The second-order valence-corrected chi connectivity index (χ2v) is 5.70. The molecule has 1 amide bonds. The van der Waals surface area contributed by atoms with Crippen LogP contribution in [0.15, 0.2) is 66.9 Å². The topological polar surface area (TPSA) is 59.8 Å². The number of carbonyl (C=O) groups excluding carboxylic acids is 1. The van der Waals surface area contributed by atoms with Crippen LogP contribution in [0.4, 0.5) is 5.69 Å². The maximum atomic E-state index is 12.0. The molecule has 3 aromatic rings. The molecule has 3 rings (SSSR count). The van der Waals surface area contributed by atoms with Crippen LogP contribution in [0, 0.1) is 0 Å². The van der Waals surface area contributed by atoms with E-state index >= 15 is 0 Å². The first kappa shape index (κ1) is 16.6. The molecule has 25 heavy (non-hydrogen) atoms. The summed E-state index contributed by atoms with van der Waals surface area (Å²) in [6, 6.07) is 17.9. The number of amides is 1. The molecule has 0 aliphatic rings. The normalized spacial score (nSPS) is 10.9. The third-order valence-electron chi connectivity index (χ3n) is 3.78. The van der Waals surface area contributed by atoms with Crippen LogP contribution in [0.1, 0.15) is 23.7 Å². The van der Waals surface area contributed by atoms with E-state index in [9.17, 15) is 4.79 Å². The summed E-state index contributed by atoms with van der Waals surface area (Å²) in [5, 5.41) is 11.0. The van der Waals surface area contributed by atoms with Gasteiger partial charge in [-0.2, -0.15) is 0 Å². The third-order valence-corrected chi connectivity index (χ3v) is 3.78. The van der Waals surface area contributed by atoms with E-state index in [2.05, 4.69) is 22.6 Å². The van der Waals surface area contributed by atoms with Gasteiger partial charge in [-0.05, 0) is 35.8 Å². The monoisotopic (exact) mass is 332 g/mol. The van der Waals surface area contributed by atoms with Gasteiger partial charge in [0.15, 0.2) is 0 Å². The fraction of sp³-hybridized carbons (Fsp3) is 0.150. The van der Waals surface area contributed by atoms with Crippen molar-refractivity contribution in [2.45, 2.75) is 19.9 Å². The fourth-order valence-electron chi connectivity index (χ4n) is 2.41. The van der Waals surface area contributed by atoms with Crippen molar-refractivity contribution in [1.82, 2.24) is 15.0 Å². The lowest BCUT2D eigenvalue weighted by Gasteiger charge is -2.02. The van der Waals surface area contributed by atoms with Gasteiger partial charge >= 0.3 is 0 Å². The van der Waals surface area contributed by atoms with Crippen molar-refractivity contribution < 1.29 is 4.79 Å². The van der Waals surface area contributed by atoms with Gasteiger partial charge in [0, 0.05) is 11.8 Å². The lowest BCUT2D eigenvalue weighted by atomic mass is 10.1. The van der Waals surface area contributed by atoms with Crippen molar-refractivity contribution in [3.63, 3.8) is 0 Å². The number of rotatable bonds is 6. The van der Waals surface area contributed by atoms with Gasteiger partial charge in [0.05, 0.1) is 12.7 Å². The summed E-state index contributed by atoms with van der Waals surface area (Å²) in [7, 11) is 0. The predicted molar refractivity (Wildman–Crippen MR) is 99.0 cm³/mol. The predicted octanol–water partition coefficient (Wildman–Crippen LogP) is 3.54. The van der Waals surface area contributed by atoms with Crippen LogP contribution in [0.25, 0.3) is 6.08 Å². The number of carbonyl (C=O) groups is 1. The fourth-order valence-corrected chi connectivity index (χ4v) is 2.41. The summed E-state index contributed by atoms with van der Waals surface area (Å²) in [4.78, 5) is 12.0. The number of nitrogens with one attached hydrogen (secondary N) is 1. The van der Waals surface area contributed by atoms with Crippen molar-refractivity contribution in [3.8, 4) is 0 Å². The highest BCUT2D eigenvalue weighted by Gasteiger charge is 2.01. The number of aryl methyl sites for hydroxylation is 1. The minimum atomic E-state index is -0.193. The molecule has 0 saturated carbocycles. The molecule has 0 fully saturated rings. The van der Waals surface area contributed by atoms with Crippen molar-refractivity contribution in [2.75, 3.05) is 5.32 Å². The van der Waals surface area contributed by atoms with Crippen molar-refractivity contribution >= 4 is 17.7 Å². The average molecular weight is 332 g/mol. The molecular weight excluding hydrogens is 312 g/mol. The Morgan fingerprint density at radius 3 is 2.56 bits per heavy atom. The zero-order valence-corrected chi connectivity index (χ0v) is 14.1. The molecule has 1 heterocycles. The van der Waals surface area contributed by atoms with Crippen LogP contribution in [0.2, 0.25) is 0 Å². The van der Waals surface area contributed by atoms with Crippen molar-refractivity contribution in [1.29, 1.82) is 0 Å². The van der Waals surface area contributed by atoms with Crippen LogP contribution in [0.5, 0.6) is 0 Å². The second kappa shape index (κ2) is 8.06. The highest BCUT2D eigenvalue weighted by Crippen LogP contribution is 2.10.